The third-order valence-corrected chi connectivity index (χ3v) is 4.62. The molecular formula is C23H27F3N2O5. The average molecular weight is 468 g/mol. The number of carbonyl (C=O) groups excluding carboxylic acids is 1. The van der Waals surface area contributed by atoms with Crippen molar-refractivity contribution in [3.63, 3.8) is 0 Å². The van der Waals surface area contributed by atoms with Gasteiger partial charge in [-0.3, -0.25) is 4.79 Å². The number of aryl methyl sites for hydroxylation is 1. The predicted molar refractivity (Wildman–Crippen MR) is 119 cm³/mol. The fourth-order valence-corrected chi connectivity index (χ4v) is 2.88. The first-order valence-electron chi connectivity index (χ1n) is 10.2. The number of aliphatic carboxylic acids is 1. The number of hydrogen-bond acceptors (Lipinski definition) is 4. The van der Waals surface area contributed by atoms with Crippen molar-refractivity contribution < 1.29 is 37.8 Å². The molecule has 0 atom stereocenters. The second-order valence-electron chi connectivity index (χ2n) is 7.04. The van der Waals surface area contributed by atoms with Gasteiger partial charge in [-0.25, -0.2) is 9.59 Å². The molecule has 0 aliphatic heterocycles. The van der Waals surface area contributed by atoms with Gasteiger partial charge in [0.1, 0.15) is 0 Å². The molecule has 0 aliphatic carbocycles. The van der Waals surface area contributed by atoms with Crippen LogP contribution in [0.1, 0.15) is 53.0 Å². The smallest absolute Gasteiger partial charge is 0.478 e. The molecule has 0 heterocycles. The molecule has 1 amide bonds. The fraction of sp³-hybridized carbons (Fsp3) is 0.348. The summed E-state index contributed by atoms with van der Waals surface area (Å²) < 4.78 is 31.7. The Morgan fingerprint density at radius 1 is 1.00 bits per heavy atom. The van der Waals surface area contributed by atoms with Crippen LogP contribution >= 0.6 is 0 Å². The molecule has 0 saturated carbocycles. The molecule has 0 aliphatic rings. The van der Waals surface area contributed by atoms with Crippen LogP contribution in [0.4, 0.5) is 24.5 Å². The van der Waals surface area contributed by atoms with Crippen molar-refractivity contribution >= 4 is 29.2 Å². The molecule has 0 radical (unpaired) electrons. The van der Waals surface area contributed by atoms with Crippen LogP contribution in [0.2, 0.25) is 0 Å². The number of carbonyl (C=O) groups is 3. The maximum Gasteiger partial charge on any atom is 0.490 e. The van der Waals surface area contributed by atoms with E-state index in [1.165, 1.54) is 6.07 Å². The number of carboxylic acids is 2. The molecule has 0 fully saturated rings. The molecule has 10 heteroatoms. The Balaban J connectivity index is 0.000000675. The molecular weight excluding hydrogens is 441 g/mol. The number of amides is 1. The van der Waals surface area contributed by atoms with E-state index in [4.69, 9.17) is 9.90 Å². The fourth-order valence-electron chi connectivity index (χ4n) is 2.88. The van der Waals surface area contributed by atoms with E-state index in [1.807, 2.05) is 26.0 Å². The van der Waals surface area contributed by atoms with Crippen LogP contribution in [0.15, 0.2) is 42.5 Å². The summed E-state index contributed by atoms with van der Waals surface area (Å²) in [4.78, 5) is 35.2. The van der Waals surface area contributed by atoms with Gasteiger partial charge in [-0.15, -0.1) is 0 Å². The first-order chi connectivity index (χ1) is 15.4. The number of benzene rings is 2. The second-order valence-corrected chi connectivity index (χ2v) is 7.04. The lowest BCUT2D eigenvalue weighted by molar-refractivity contribution is -0.192. The number of nitrogens with one attached hydrogen (secondary N) is 1. The standard InChI is InChI=1S/C21H26N2O3.C2HF3O2/c1-4-6-13-23(5-2)19-12-11-16(14-18(19)21(25)26)22-20(24)17-10-8-7-9-15(17)3;3-2(4,5)1(6)7/h7-12,14H,4-6,13H2,1-3H3,(H,22,24)(H,25,26);(H,6,7). The molecule has 0 spiro atoms. The number of rotatable bonds is 8. The number of nitrogens with zero attached hydrogens (tertiary/aromatic N) is 1. The number of hydrogen-bond donors (Lipinski definition) is 3. The normalized spacial score (nSPS) is 10.6. The number of aromatic carboxylic acids is 1. The van der Waals surface area contributed by atoms with Gasteiger partial charge in [0, 0.05) is 24.3 Å². The highest BCUT2D eigenvalue weighted by atomic mass is 19.4. The highest BCUT2D eigenvalue weighted by molar-refractivity contribution is 6.06. The van der Waals surface area contributed by atoms with Gasteiger partial charge in [0.25, 0.3) is 5.91 Å². The number of unbranched alkanes of at least 4 members (excludes halogenated alkanes) is 1. The highest BCUT2D eigenvalue weighted by Crippen LogP contribution is 2.25. The van der Waals surface area contributed by atoms with E-state index in [1.54, 1.807) is 24.3 Å². The minimum atomic E-state index is -5.08. The number of halogens is 3. The zero-order valence-electron chi connectivity index (χ0n) is 18.6. The van der Waals surface area contributed by atoms with Crippen molar-refractivity contribution in [2.75, 3.05) is 23.3 Å². The zero-order valence-corrected chi connectivity index (χ0v) is 18.6. The van der Waals surface area contributed by atoms with Crippen molar-refractivity contribution in [2.45, 2.75) is 39.8 Å². The number of anilines is 2. The lowest BCUT2D eigenvalue weighted by Crippen LogP contribution is -2.26. The van der Waals surface area contributed by atoms with Crippen LogP contribution in [-0.4, -0.2) is 47.3 Å². The van der Waals surface area contributed by atoms with Gasteiger partial charge in [-0.2, -0.15) is 13.2 Å². The molecule has 33 heavy (non-hydrogen) atoms. The molecule has 180 valence electrons. The third kappa shape index (κ3) is 8.47. The van der Waals surface area contributed by atoms with Gasteiger partial charge in [0.15, 0.2) is 0 Å². The minimum absolute atomic E-state index is 0.200. The van der Waals surface area contributed by atoms with E-state index in [-0.39, 0.29) is 11.5 Å². The first kappa shape index (κ1) is 27.5. The minimum Gasteiger partial charge on any atom is -0.478 e. The summed E-state index contributed by atoms with van der Waals surface area (Å²) >= 11 is 0. The molecule has 2 aromatic rings. The van der Waals surface area contributed by atoms with E-state index in [0.717, 1.165) is 31.5 Å². The van der Waals surface area contributed by atoms with Crippen molar-refractivity contribution in [2.24, 2.45) is 0 Å². The van der Waals surface area contributed by atoms with Gasteiger partial charge in [-0.1, -0.05) is 31.5 Å². The lowest BCUT2D eigenvalue weighted by atomic mass is 10.1. The van der Waals surface area contributed by atoms with Gasteiger partial charge < -0.3 is 20.4 Å². The van der Waals surface area contributed by atoms with Crippen LogP contribution in [0, 0.1) is 6.92 Å². The first-order valence-corrected chi connectivity index (χ1v) is 10.2. The van der Waals surface area contributed by atoms with Crippen LogP contribution in [0.5, 0.6) is 0 Å². The zero-order chi connectivity index (χ0) is 25.2. The van der Waals surface area contributed by atoms with Gasteiger partial charge >= 0.3 is 18.1 Å². The summed E-state index contributed by atoms with van der Waals surface area (Å²) in [7, 11) is 0. The van der Waals surface area contributed by atoms with Gasteiger partial charge in [-0.05, 0) is 50.1 Å². The number of carboxylic acid groups (broad SMARTS) is 2. The van der Waals surface area contributed by atoms with E-state index in [2.05, 4.69) is 17.1 Å². The van der Waals surface area contributed by atoms with Crippen LogP contribution in [0.25, 0.3) is 0 Å². The summed E-state index contributed by atoms with van der Waals surface area (Å²) in [6, 6.07) is 12.4. The van der Waals surface area contributed by atoms with Crippen molar-refractivity contribution in [1.29, 1.82) is 0 Å². The van der Waals surface area contributed by atoms with Crippen molar-refractivity contribution in [3.8, 4) is 0 Å². The quantitative estimate of drug-likeness (QED) is 0.491. The Morgan fingerprint density at radius 3 is 2.09 bits per heavy atom. The molecule has 0 unspecified atom stereocenters. The summed E-state index contributed by atoms with van der Waals surface area (Å²) in [5.41, 5.74) is 2.81. The topological polar surface area (TPSA) is 107 Å². The Bertz CT molecular complexity index is 977. The van der Waals surface area contributed by atoms with E-state index < -0.39 is 18.1 Å². The average Bonchev–Trinajstić information content (AvgIpc) is 2.74. The Morgan fingerprint density at radius 2 is 1.61 bits per heavy atom. The van der Waals surface area contributed by atoms with E-state index in [0.29, 0.717) is 16.9 Å². The predicted octanol–water partition coefficient (Wildman–Crippen LogP) is 5.21. The third-order valence-electron chi connectivity index (χ3n) is 4.62. The van der Waals surface area contributed by atoms with Crippen molar-refractivity contribution in [3.05, 3.63) is 59.2 Å². The van der Waals surface area contributed by atoms with E-state index in [9.17, 15) is 27.9 Å². The monoisotopic (exact) mass is 468 g/mol. The summed E-state index contributed by atoms with van der Waals surface area (Å²) in [6.45, 7) is 7.52. The molecule has 0 saturated heterocycles. The van der Waals surface area contributed by atoms with Gasteiger partial charge in [0.2, 0.25) is 0 Å². The van der Waals surface area contributed by atoms with Crippen LogP contribution in [-0.2, 0) is 4.79 Å². The van der Waals surface area contributed by atoms with E-state index >= 15 is 0 Å². The Kier molecular flexibility index (Phi) is 10.4. The van der Waals surface area contributed by atoms with Gasteiger partial charge in [0.05, 0.1) is 11.3 Å². The maximum atomic E-state index is 12.5. The molecule has 0 bridgehead atoms. The summed E-state index contributed by atoms with van der Waals surface area (Å²) in [6.07, 6.45) is -3.04. The molecule has 7 nitrogen and oxygen atoms in total. The maximum absolute atomic E-state index is 12.5. The van der Waals surface area contributed by atoms with Crippen LogP contribution in [0.3, 0.4) is 0 Å². The van der Waals surface area contributed by atoms with Crippen molar-refractivity contribution in [1.82, 2.24) is 0 Å². The molecule has 2 aromatic carbocycles. The second kappa shape index (κ2) is 12.5. The molecule has 0 aromatic heterocycles. The molecule has 2 rings (SSSR count). The SMILES string of the molecule is CCCCN(CC)c1ccc(NC(=O)c2ccccc2C)cc1C(=O)O.O=C(O)C(F)(F)F. The number of alkyl halides is 3. The lowest BCUT2D eigenvalue weighted by Gasteiger charge is -2.25. The Hall–Kier alpha value is -3.56. The Labute approximate surface area is 189 Å². The highest BCUT2D eigenvalue weighted by Gasteiger charge is 2.38. The molecule has 3 N–H and O–H groups in total. The largest absolute Gasteiger partial charge is 0.490 e. The summed E-state index contributed by atoms with van der Waals surface area (Å²) in [5, 5.41) is 19.5. The van der Waals surface area contributed by atoms with Crippen LogP contribution < -0.4 is 10.2 Å². The summed E-state index contributed by atoms with van der Waals surface area (Å²) in [5.74, 6) is -4.00.